The van der Waals surface area contributed by atoms with Gasteiger partial charge in [0.05, 0.1) is 22.5 Å². The summed E-state index contributed by atoms with van der Waals surface area (Å²) in [5.74, 6) is -1.05. The van der Waals surface area contributed by atoms with Gasteiger partial charge in [-0.3, -0.25) is 19.5 Å². The quantitative estimate of drug-likeness (QED) is 0.492. The lowest BCUT2D eigenvalue weighted by Gasteiger charge is -2.25. The molecule has 2 aromatic carbocycles. The summed E-state index contributed by atoms with van der Waals surface area (Å²) >= 11 is 5.89. The number of hydrogen-bond donors (Lipinski definition) is 0. The maximum atomic E-state index is 12.7. The molecule has 0 aliphatic carbocycles. The van der Waals surface area contributed by atoms with Crippen molar-refractivity contribution in [2.75, 3.05) is 7.05 Å². The number of non-ortho nitro benzene ring substituents is 1. The minimum absolute atomic E-state index is 0.0652. The highest BCUT2D eigenvalue weighted by atomic mass is 35.5. The van der Waals surface area contributed by atoms with E-state index in [0.29, 0.717) is 10.5 Å². The fourth-order valence-electron chi connectivity index (χ4n) is 2.75. The van der Waals surface area contributed by atoms with Gasteiger partial charge >= 0.3 is 5.76 Å². The van der Waals surface area contributed by atoms with E-state index in [1.54, 1.807) is 19.2 Å². The molecule has 3 rings (SSSR count). The average Bonchev–Trinajstić information content (AvgIpc) is 2.95. The largest absolute Gasteiger partial charge is 0.420 e. The third kappa shape index (κ3) is 3.70. The van der Waals surface area contributed by atoms with Gasteiger partial charge in [-0.2, -0.15) is 0 Å². The number of rotatable bonds is 5. The number of amides is 1. The van der Waals surface area contributed by atoms with Crippen molar-refractivity contribution in [3.05, 3.63) is 73.7 Å². The molecule has 1 aromatic heterocycles. The van der Waals surface area contributed by atoms with Crippen molar-refractivity contribution in [2.24, 2.45) is 0 Å². The molecule has 0 radical (unpaired) electrons. The van der Waals surface area contributed by atoms with Crippen molar-refractivity contribution in [2.45, 2.75) is 19.5 Å². The van der Waals surface area contributed by atoms with E-state index >= 15 is 0 Å². The molecule has 0 saturated heterocycles. The van der Waals surface area contributed by atoms with E-state index in [-0.39, 0.29) is 29.8 Å². The van der Waals surface area contributed by atoms with Crippen LogP contribution in [0.2, 0.25) is 5.02 Å². The SMILES string of the molecule is CC(c1ccc(Cl)cc1)N(C)C(=O)Cn1c(=O)oc2cc([N+](=O)[O-])ccc21. The van der Waals surface area contributed by atoms with E-state index in [2.05, 4.69) is 0 Å². The Morgan fingerprint density at radius 2 is 1.96 bits per heavy atom. The van der Waals surface area contributed by atoms with Crippen molar-refractivity contribution < 1.29 is 14.1 Å². The molecule has 1 atom stereocenters. The molecule has 0 bridgehead atoms. The highest BCUT2D eigenvalue weighted by Crippen LogP contribution is 2.23. The van der Waals surface area contributed by atoms with E-state index < -0.39 is 10.7 Å². The number of carbonyl (C=O) groups excluding carboxylic acids is 1. The van der Waals surface area contributed by atoms with E-state index in [1.165, 1.54) is 17.0 Å². The number of oxazole rings is 1. The molecule has 1 unspecified atom stereocenters. The zero-order valence-electron chi connectivity index (χ0n) is 14.6. The number of nitrogens with zero attached hydrogens (tertiary/aromatic N) is 3. The van der Waals surface area contributed by atoms with Crippen LogP contribution < -0.4 is 5.76 Å². The molecule has 8 nitrogen and oxygen atoms in total. The summed E-state index contributed by atoms with van der Waals surface area (Å²) in [6.07, 6.45) is 0. The molecule has 9 heteroatoms. The molecule has 27 heavy (non-hydrogen) atoms. The Kier molecular flexibility index (Phi) is 5.00. The number of halogens is 1. The second-order valence-electron chi connectivity index (χ2n) is 6.10. The summed E-state index contributed by atoms with van der Waals surface area (Å²) in [7, 11) is 1.64. The Labute approximate surface area is 158 Å². The van der Waals surface area contributed by atoms with Crippen LogP contribution in [0.15, 0.2) is 51.7 Å². The Morgan fingerprint density at radius 1 is 1.30 bits per heavy atom. The molecule has 0 aliphatic rings. The summed E-state index contributed by atoms with van der Waals surface area (Å²) in [5, 5.41) is 11.4. The third-order valence-corrected chi connectivity index (χ3v) is 4.73. The zero-order valence-corrected chi connectivity index (χ0v) is 15.3. The van der Waals surface area contributed by atoms with Crippen LogP contribution in [-0.2, 0) is 11.3 Å². The molecular formula is C18H16ClN3O5. The van der Waals surface area contributed by atoms with Gasteiger partial charge in [0.15, 0.2) is 5.58 Å². The smallest absolute Gasteiger partial charge is 0.407 e. The molecule has 0 saturated carbocycles. The van der Waals surface area contributed by atoms with Crippen molar-refractivity contribution in [1.82, 2.24) is 9.47 Å². The summed E-state index contributed by atoms with van der Waals surface area (Å²) in [6, 6.07) is 10.7. The Balaban J connectivity index is 1.84. The van der Waals surface area contributed by atoms with Gasteiger partial charge in [-0.15, -0.1) is 0 Å². The first-order valence-corrected chi connectivity index (χ1v) is 8.44. The minimum atomic E-state index is -0.744. The molecule has 0 spiro atoms. The van der Waals surface area contributed by atoms with Crippen LogP contribution in [0, 0.1) is 10.1 Å². The number of carbonyl (C=O) groups is 1. The lowest BCUT2D eigenvalue weighted by Crippen LogP contribution is -2.34. The number of aromatic nitrogens is 1. The Morgan fingerprint density at radius 3 is 2.59 bits per heavy atom. The normalized spacial score (nSPS) is 12.1. The van der Waals surface area contributed by atoms with Crippen LogP contribution >= 0.6 is 11.6 Å². The van der Waals surface area contributed by atoms with E-state index in [4.69, 9.17) is 16.0 Å². The van der Waals surface area contributed by atoms with Crippen LogP contribution in [0.4, 0.5) is 5.69 Å². The third-order valence-electron chi connectivity index (χ3n) is 4.48. The van der Waals surface area contributed by atoms with Crippen LogP contribution in [0.5, 0.6) is 0 Å². The van der Waals surface area contributed by atoms with Gasteiger partial charge in [0.2, 0.25) is 5.91 Å². The molecule has 0 fully saturated rings. The zero-order chi connectivity index (χ0) is 19.7. The predicted octanol–water partition coefficient (Wildman–Crippen LogP) is 3.38. The first-order chi connectivity index (χ1) is 12.8. The first kappa shape index (κ1) is 18.7. The summed E-state index contributed by atoms with van der Waals surface area (Å²) < 4.78 is 6.21. The first-order valence-electron chi connectivity index (χ1n) is 8.07. The topological polar surface area (TPSA) is 98.6 Å². The highest BCUT2D eigenvalue weighted by molar-refractivity contribution is 6.30. The number of likely N-dealkylation sites (N-methyl/N-ethyl adjacent to an activating group) is 1. The van der Waals surface area contributed by atoms with Crippen LogP contribution in [0.1, 0.15) is 18.5 Å². The standard InChI is InChI=1S/C18H16ClN3O5/c1-11(12-3-5-13(19)6-4-12)20(2)17(23)10-21-15-8-7-14(22(25)26)9-16(15)27-18(21)24/h3-9,11H,10H2,1-2H3. The lowest BCUT2D eigenvalue weighted by molar-refractivity contribution is -0.384. The maximum Gasteiger partial charge on any atom is 0.420 e. The van der Waals surface area contributed by atoms with E-state index in [1.807, 2.05) is 19.1 Å². The van der Waals surface area contributed by atoms with Crippen LogP contribution in [-0.4, -0.2) is 27.3 Å². The summed E-state index contributed by atoms with van der Waals surface area (Å²) in [5.41, 5.74) is 1.10. The highest BCUT2D eigenvalue weighted by Gasteiger charge is 2.21. The van der Waals surface area contributed by atoms with Crippen molar-refractivity contribution >= 4 is 34.3 Å². The van der Waals surface area contributed by atoms with Crippen molar-refractivity contribution in [3.63, 3.8) is 0 Å². The predicted molar refractivity (Wildman–Crippen MR) is 99.8 cm³/mol. The maximum absolute atomic E-state index is 12.7. The lowest BCUT2D eigenvalue weighted by atomic mass is 10.1. The Hall–Kier alpha value is -3.13. The molecular weight excluding hydrogens is 374 g/mol. The van der Waals surface area contributed by atoms with Gasteiger partial charge in [-0.05, 0) is 30.7 Å². The van der Waals surface area contributed by atoms with Crippen LogP contribution in [0.3, 0.4) is 0 Å². The Bertz CT molecular complexity index is 1070. The molecule has 140 valence electrons. The fourth-order valence-corrected chi connectivity index (χ4v) is 2.87. The molecule has 1 heterocycles. The molecule has 0 N–H and O–H groups in total. The van der Waals surface area contributed by atoms with E-state index in [0.717, 1.165) is 16.2 Å². The second kappa shape index (κ2) is 7.24. The van der Waals surface area contributed by atoms with Gasteiger partial charge < -0.3 is 9.32 Å². The number of fused-ring (bicyclic) bond motifs is 1. The number of nitro groups is 1. The van der Waals surface area contributed by atoms with Crippen molar-refractivity contribution in [1.29, 1.82) is 0 Å². The van der Waals surface area contributed by atoms with Gasteiger partial charge in [0.25, 0.3) is 5.69 Å². The number of benzene rings is 2. The second-order valence-corrected chi connectivity index (χ2v) is 6.53. The van der Waals surface area contributed by atoms with Gasteiger partial charge in [0, 0.05) is 18.1 Å². The monoisotopic (exact) mass is 389 g/mol. The summed E-state index contributed by atoms with van der Waals surface area (Å²) in [6.45, 7) is 1.62. The van der Waals surface area contributed by atoms with Crippen LogP contribution in [0.25, 0.3) is 11.1 Å². The molecule has 3 aromatic rings. The molecule has 1 amide bonds. The van der Waals surface area contributed by atoms with Gasteiger partial charge in [-0.1, -0.05) is 23.7 Å². The summed E-state index contributed by atoms with van der Waals surface area (Å²) in [4.78, 5) is 36.5. The minimum Gasteiger partial charge on any atom is -0.407 e. The van der Waals surface area contributed by atoms with E-state index in [9.17, 15) is 19.7 Å². The van der Waals surface area contributed by atoms with Crippen molar-refractivity contribution in [3.8, 4) is 0 Å². The average molecular weight is 390 g/mol. The number of hydrogen-bond acceptors (Lipinski definition) is 5. The van der Waals surface area contributed by atoms with Gasteiger partial charge in [0.1, 0.15) is 6.54 Å². The number of nitro benzene ring substituents is 1. The van der Waals surface area contributed by atoms with Gasteiger partial charge in [-0.25, -0.2) is 4.79 Å². The molecule has 0 aliphatic heterocycles. The fraction of sp³-hybridized carbons (Fsp3) is 0.222.